The second-order valence-electron chi connectivity index (χ2n) is 7.07. The topological polar surface area (TPSA) is 84.9 Å². The van der Waals surface area contributed by atoms with E-state index in [1.807, 2.05) is 26.0 Å². The third-order valence-corrected chi connectivity index (χ3v) is 6.05. The van der Waals surface area contributed by atoms with E-state index in [2.05, 4.69) is 5.32 Å². The predicted octanol–water partition coefficient (Wildman–Crippen LogP) is 4.31. The van der Waals surface area contributed by atoms with Crippen LogP contribution in [-0.4, -0.2) is 42.6 Å². The lowest BCUT2D eigenvalue weighted by Crippen LogP contribution is -2.36. The highest BCUT2D eigenvalue weighted by Crippen LogP contribution is 2.38. The maximum Gasteiger partial charge on any atom is 0.410 e. The molecule has 0 spiro atoms. The number of aryl methyl sites for hydroxylation is 2. The maximum absolute atomic E-state index is 12.9. The van der Waals surface area contributed by atoms with Crippen LogP contribution in [0.25, 0.3) is 0 Å². The molecule has 1 aromatic heterocycles. The molecule has 0 saturated carbocycles. The molecule has 0 aliphatic carbocycles. The molecular formula is C22H26N2O5S. The van der Waals surface area contributed by atoms with Gasteiger partial charge in [-0.1, -0.05) is 17.7 Å². The van der Waals surface area contributed by atoms with Crippen LogP contribution in [0.15, 0.2) is 18.2 Å². The Hall–Kier alpha value is -2.87. The quantitative estimate of drug-likeness (QED) is 0.715. The number of carbonyl (C=O) groups excluding carboxylic acids is 3. The number of anilines is 1. The molecule has 2 aromatic rings. The van der Waals surface area contributed by atoms with Crippen molar-refractivity contribution >= 4 is 34.3 Å². The van der Waals surface area contributed by atoms with E-state index in [4.69, 9.17) is 9.47 Å². The summed E-state index contributed by atoms with van der Waals surface area (Å²) < 4.78 is 10.3. The van der Waals surface area contributed by atoms with Crippen molar-refractivity contribution in [1.29, 1.82) is 0 Å². The number of ether oxygens (including phenoxy) is 2. The summed E-state index contributed by atoms with van der Waals surface area (Å²) in [6.07, 6.45) is 0.119. The average molecular weight is 431 g/mol. The summed E-state index contributed by atoms with van der Waals surface area (Å²) in [6, 6.07) is 5.60. The molecule has 8 heteroatoms. The van der Waals surface area contributed by atoms with Gasteiger partial charge >= 0.3 is 12.1 Å². The molecule has 0 bridgehead atoms. The number of rotatable bonds is 5. The monoisotopic (exact) mass is 430 g/mol. The highest BCUT2D eigenvalue weighted by molar-refractivity contribution is 7.17. The zero-order valence-corrected chi connectivity index (χ0v) is 18.5. The van der Waals surface area contributed by atoms with Gasteiger partial charge in [-0.3, -0.25) is 4.79 Å². The molecule has 0 fully saturated rings. The van der Waals surface area contributed by atoms with E-state index in [0.717, 1.165) is 21.6 Å². The Balaban J connectivity index is 1.93. The zero-order valence-electron chi connectivity index (χ0n) is 17.7. The predicted molar refractivity (Wildman–Crippen MR) is 115 cm³/mol. The number of esters is 1. The summed E-state index contributed by atoms with van der Waals surface area (Å²) in [5, 5.41) is 3.35. The largest absolute Gasteiger partial charge is 0.462 e. The molecule has 0 radical (unpaired) electrons. The number of thiophene rings is 1. The van der Waals surface area contributed by atoms with Crippen molar-refractivity contribution in [2.45, 2.75) is 40.7 Å². The fourth-order valence-electron chi connectivity index (χ4n) is 3.52. The van der Waals surface area contributed by atoms with E-state index in [9.17, 15) is 14.4 Å². The van der Waals surface area contributed by atoms with Crippen LogP contribution in [0.5, 0.6) is 0 Å². The molecule has 2 heterocycles. The molecule has 7 nitrogen and oxygen atoms in total. The van der Waals surface area contributed by atoms with Gasteiger partial charge in [0, 0.05) is 17.0 Å². The van der Waals surface area contributed by atoms with Crippen molar-refractivity contribution in [3.63, 3.8) is 0 Å². The summed E-state index contributed by atoms with van der Waals surface area (Å²) in [5.74, 6) is -0.741. The molecule has 1 N–H and O–H groups in total. The molecule has 0 unspecified atom stereocenters. The Morgan fingerprint density at radius 3 is 2.53 bits per heavy atom. The number of fused-ring (bicyclic) bond motifs is 1. The molecule has 1 aliphatic rings. The van der Waals surface area contributed by atoms with E-state index >= 15 is 0 Å². The Bertz CT molecular complexity index is 982. The molecule has 30 heavy (non-hydrogen) atoms. The van der Waals surface area contributed by atoms with Gasteiger partial charge in [0.1, 0.15) is 5.00 Å². The smallest absolute Gasteiger partial charge is 0.410 e. The second-order valence-corrected chi connectivity index (χ2v) is 8.18. The third-order valence-electron chi connectivity index (χ3n) is 4.92. The zero-order chi connectivity index (χ0) is 21.8. The van der Waals surface area contributed by atoms with E-state index in [1.165, 1.54) is 11.3 Å². The Morgan fingerprint density at radius 1 is 1.13 bits per heavy atom. The summed E-state index contributed by atoms with van der Waals surface area (Å²) >= 11 is 1.31. The minimum Gasteiger partial charge on any atom is -0.462 e. The fourth-order valence-corrected chi connectivity index (χ4v) is 4.77. The van der Waals surface area contributed by atoms with Crippen LogP contribution in [0.2, 0.25) is 0 Å². The van der Waals surface area contributed by atoms with Crippen molar-refractivity contribution in [2.75, 3.05) is 25.1 Å². The van der Waals surface area contributed by atoms with Gasteiger partial charge in [-0.25, -0.2) is 9.59 Å². The molecule has 1 aromatic carbocycles. The average Bonchev–Trinajstić information content (AvgIpc) is 3.05. The van der Waals surface area contributed by atoms with Crippen LogP contribution in [0, 0.1) is 13.8 Å². The van der Waals surface area contributed by atoms with Crippen LogP contribution >= 0.6 is 11.3 Å². The van der Waals surface area contributed by atoms with Gasteiger partial charge in [0.05, 0.1) is 25.3 Å². The van der Waals surface area contributed by atoms with Gasteiger partial charge in [-0.05, 0) is 51.3 Å². The van der Waals surface area contributed by atoms with Crippen molar-refractivity contribution in [1.82, 2.24) is 4.90 Å². The fraction of sp³-hybridized carbons (Fsp3) is 0.409. The highest BCUT2D eigenvalue weighted by Gasteiger charge is 2.31. The van der Waals surface area contributed by atoms with Gasteiger partial charge in [0.2, 0.25) is 0 Å². The first-order valence-corrected chi connectivity index (χ1v) is 10.8. The lowest BCUT2D eigenvalue weighted by atomic mass is 10.0. The number of carbonyl (C=O) groups is 3. The van der Waals surface area contributed by atoms with Crippen LogP contribution in [0.4, 0.5) is 9.80 Å². The maximum atomic E-state index is 12.9. The minimum atomic E-state index is -0.462. The van der Waals surface area contributed by atoms with Crippen LogP contribution in [0.1, 0.15) is 56.1 Å². The van der Waals surface area contributed by atoms with E-state index in [1.54, 1.807) is 24.8 Å². The lowest BCUT2D eigenvalue weighted by molar-refractivity contribution is 0.0526. The summed E-state index contributed by atoms with van der Waals surface area (Å²) in [5.41, 5.74) is 3.70. The van der Waals surface area contributed by atoms with Gasteiger partial charge in [-0.15, -0.1) is 11.3 Å². The number of hydrogen-bond donors (Lipinski definition) is 1. The van der Waals surface area contributed by atoms with E-state index in [-0.39, 0.29) is 18.6 Å². The van der Waals surface area contributed by atoms with Crippen LogP contribution < -0.4 is 5.32 Å². The van der Waals surface area contributed by atoms with E-state index in [0.29, 0.717) is 42.2 Å². The summed E-state index contributed by atoms with van der Waals surface area (Å²) in [4.78, 5) is 40.2. The molecule has 3 rings (SSSR count). The standard InChI is InChI=1S/C22H26N2O5S/c1-5-28-21(26)18-16-9-10-24(22(27)29-6-2)12-17(16)30-20(18)23-19(25)15-8-7-13(3)11-14(15)4/h7-8,11H,5-6,9-10,12H2,1-4H3,(H,23,25). The second kappa shape index (κ2) is 9.30. The number of amides is 2. The first-order chi connectivity index (χ1) is 14.3. The molecule has 0 atom stereocenters. The normalized spacial score (nSPS) is 12.9. The van der Waals surface area contributed by atoms with Gasteiger partial charge in [-0.2, -0.15) is 0 Å². The highest BCUT2D eigenvalue weighted by atomic mass is 32.1. The first-order valence-electron chi connectivity index (χ1n) is 9.97. The lowest BCUT2D eigenvalue weighted by Gasteiger charge is -2.26. The van der Waals surface area contributed by atoms with E-state index < -0.39 is 5.97 Å². The summed E-state index contributed by atoms with van der Waals surface area (Å²) in [6.45, 7) is 8.68. The van der Waals surface area contributed by atoms with Crippen LogP contribution in [0.3, 0.4) is 0 Å². The first kappa shape index (κ1) is 21.8. The molecule has 160 valence electrons. The van der Waals surface area contributed by atoms with Crippen molar-refractivity contribution in [2.24, 2.45) is 0 Å². The Kier molecular flexibility index (Phi) is 6.77. The summed E-state index contributed by atoms with van der Waals surface area (Å²) in [7, 11) is 0. The molecular weight excluding hydrogens is 404 g/mol. The van der Waals surface area contributed by atoms with Crippen molar-refractivity contribution < 1.29 is 23.9 Å². The third kappa shape index (κ3) is 4.48. The minimum absolute atomic E-state index is 0.239. The van der Waals surface area contributed by atoms with Gasteiger partial charge in [0.25, 0.3) is 5.91 Å². The number of hydrogen-bond acceptors (Lipinski definition) is 6. The van der Waals surface area contributed by atoms with Gasteiger partial charge in [0.15, 0.2) is 0 Å². The molecule has 0 saturated heterocycles. The number of nitrogens with zero attached hydrogens (tertiary/aromatic N) is 1. The Morgan fingerprint density at radius 2 is 1.87 bits per heavy atom. The molecule has 2 amide bonds. The SMILES string of the molecule is CCOC(=O)c1c(NC(=O)c2ccc(C)cc2C)sc2c1CCN(C(=O)OCC)C2. The Labute approximate surface area is 180 Å². The number of benzene rings is 1. The van der Waals surface area contributed by atoms with Crippen molar-refractivity contribution in [3.05, 3.63) is 50.9 Å². The number of nitrogens with one attached hydrogen (secondary N) is 1. The van der Waals surface area contributed by atoms with Crippen LogP contribution in [-0.2, 0) is 22.4 Å². The van der Waals surface area contributed by atoms with Gasteiger partial charge < -0.3 is 19.7 Å². The molecule has 1 aliphatic heterocycles. The van der Waals surface area contributed by atoms with Crippen molar-refractivity contribution in [3.8, 4) is 0 Å².